The van der Waals surface area contributed by atoms with Crippen molar-refractivity contribution in [2.45, 2.75) is 75.5 Å². The van der Waals surface area contributed by atoms with Gasteiger partial charge in [-0.2, -0.15) is 13.2 Å². The Balaban J connectivity index is 0.000000196. The molecule has 72 heavy (non-hydrogen) atoms. The quantitative estimate of drug-likeness (QED) is 0.101. The normalized spacial score (nSPS) is 23.6. The van der Waals surface area contributed by atoms with Gasteiger partial charge in [0.05, 0.1) is 69.0 Å². The van der Waals surface area contributed by atoms with Gasteiger partial charge in [-0.25, -0.2) is 0 Å². The smallest absolute Gasteiger partial charge is 1.00 e. The van der Waals surface area contributed by atoms with E-state index in [-0.39, 0.29) is 77.9 Å². The Hall–Kier alpha value is -3.38. The molecule has 3 N–H and O–H groups in total. The van der Waals surface area contributed by atoms with E-state index in [9.17, 15) is 33.0 Å². The Morgan fingerprint density at radius 1 is 0.722 bits per heavy atom. The van der Waals surface area contributed by atoms with Crippen molar-refractivity contribution < 1.29 is 71.2 Å². The third-order valence-corrected chi connectivity index (χ3v) is 14.8. The predicted molar refractivity (Wildman–Crippen MR) is 277 cm³/mol. The fourth-order valence-corrected chi connectivity index (χ4v) is 11.1. The van der Waals surface area contributed by atoms with Crippen LogP contribution in [-0.4, -0.2) is 127 Å². The summed E-state index contributed by atoms with van der Waals surface area (Å²) in [6, 6.07) is 25.9. The molecule has 5 unspecified atom stereocenters. The number of fused-ring (bicyclic) bond motifs is 9. The average Bonchev–Trinajstić information content (AvgIpc) is 3.32. The van der Waals surface area contributed by atoms with E-state index in [1.807, 2.05) is 75.4 Å². The Labute approximate surface area is 468 Å². The number of aryl methyl sites for hydroxylation is 1. The molecule has 5 aromatic rings. The number of pyridine rings is 1. The third kappa shape index (κ3) is 12.5. The molecule has 3 saturated heterocycles. The van der Waals surface area contributed by atoms with Gasteiger partial charge in [0.1, 0.15) is 5.69 Å². The van der Waals surface area contributed by atoms with Gasteiger partial charge in [0.2, 0.25) is 0 Å². The molecule has 6 aliphatic heterocycles. The number of hydrogen-bond donors (Lipinski definition) is 3. The molecule has 0 spiro atoms. The maximum absolute atomic E-state index is 13.0. The average molecular weight is 1240 g/mol. The minimum atomic E-state index is -4.64. The number of nitrogens with zero attached hydrogens (tertiary/aromatic N) is 4. The molecule has 0 saturated carbocycles. The summed E-state index contributed by atoms with van der Waals surface area (Å²) >= 11 is 6.96. The van der Waals surface area contributed by atoms with E-state index in [1.54, 1.807) is 12.1 Å². The number of amides is 1. The summed E-state index contributed by atoms with van der Waals surface area (Å²) in [5, 5.41) is 24.4. The van der Waals surface area contributed by atoms with Crippen LogP contribution in [0.2, 0.25) is 0 Å². The van der Waals surface area contributed by atoms with Crippen LogP contribution in [0.3, 0.4) is 0 Å². The first-order chi connectivity index (χ1) is 32.9. The molecule has 1 aromatic heterocycles. The number of alkyl halides is 3. The first-order valence-corrected chi connectivity index (χ1v) is 24.7. The van der Waals surface area contributed by atoms with Gasteiger partial charge in [-0.15, -0.1) is 0 Å². The van der Waals surface area contributed by atoms with Crippen molar-refractivity contribution in [2.75, 3.05) is 79.3 Å². The van der Waals surface area contributed by atoms with E-state index in [4.69, 9.17) is 14.2 Å². The Morgan fingerprint density at radius 3 is 1.85 bits per heavy atom. The van der Waals surface area contributed by atoms with Gasteiger partial charge in [-0.05, 0) is 98.1 Å². The summed E-state index contributed by atoms with van der Waals surface area (Å²) < 4.78 is 57.6. The van der Waals surface area contributed by atoms with Crippen LogP contribution >= 0.6 is 31.9 Å². The van der Waals surface area contributed by atoms with Crippen LogP contribution in [0.1, 0.15) is 76.2 Å². The van der Waals surface area contributed by atoms with Crippen LogP contribution in [0.15, 0.2) is 100 Å². The fourth-order valence-electron chi connectivity index (χ4n) is 10.4. The zero-order valence-corrected chi connectivity index (χ0v) is 47.3. The first-order valence-electron chi connectivity index (χ1n) is 23.1. The van der Waals surface area contributed by atoms with Gasteiger partial charge < -0.3 is 75.8 Å². The molecule has 0 radical (unpaired) electrons. The number of Topliss-reactive ketones (excluding diaryl/α,β-unsaturated/α-hetero) is 1. The Morgan fingerprint density at radius 2 is 1.25 bits per heavy atom. The topological polar surface area (TPSA) is 137 Å². The van der Waals surface area contributed by atoms with Crippen LogP contribution in [0.25, 0.3) is 11.1 Å². The van der Waals surface area contributed by atoms with Crippen molar-refractivity contribution in [3.8, 4) is 11.1 Å². The number of morpholine rings is 3. The van der Waals surface area contributed by atoms with E-state index >= 15 is 0 Å². The number of halogens is 6. The molecule has 0 bridgehead atoms. The maximum atomic E-state index is 13.0. The number of rotatable bonds is 3. The number of benzene rings is 4. The zero-order chi connectivity index (χ0) is 48.8. The van der Waals surface area contributed by atoms with Crippen molar-refractivity contribution in [2.24, 2.45) is 0 Å². The molecule has 7 heterocycles. The second-order valence-electron chi connectivity index (χ2n) is 18.8. The zero-order valence-electron chi connectivity index (χ0n) is 40.6. The maximum Gasteiger partial charge on any atom is 2.00 e. The molecule has 19 heteroatoms. The second kappa shape index (κ2) is 23.7. The second-order valence-corrected chi connectivity index (χ2v) is 20.6. The van der Waals surface area contributed by atoms with Gasteiger partial charge in [0.15, 0.2) is 5.78 Å². The van der Waals surface area contributed by atoms with Gasteiger partial charge >= 0.3 is 29.2 Å². The first kappa shape index (κ1) is 57.9. The van der Waals surface area contributed by atoms with Crippen molar-refractivity contribution in [1.29, 1.82) is 0 Å². The van der Waals surface area contributed by atoms with Gasteiger partial charge in [0, 0.05) is 99.0 Å². The van der Waals surface area contributed by atoms with Crippen LogP contribution in [0, 0.1) is 14.4 Å². The molecular weight excluding hydrogens is 1190 g/mol. The number of carbonyl (C=O) groups excluding carboxylic acids is 2. The fraction of sp³-hybridized carbons (Fsp3) is 0.396. The van der Waals surface area contributed by atoms with Crippen LogP contribution in [0.4, 0.5) is 35.9 Å². The number of nitrogens with one attached hydrogen (secondary N) is 1. The summed E-state index contributed by atoms with van der Waals surface area (Å²) in [4.78, 5) is 34.9. The molecule has 3 fully saturated rings. The van der Waals surface area contributed by atoms with Crippen molar-refractivity contribution in [3.05, 3.63) is 141 Å². The van der Waals surface area contributed by atoms with Crippen LogP contribution in [-0.2, 0) is 31.6 Å². The number of carbonyl (C=O) groups is 2. The van der Waals surface area contributed by atoms with Gasteiger partial charge in [-0.1, -0.05) is 56.1 Å². The minimum absolute atomic E-state index is 0. The molecule has 0 aliphatic carbocycles. The number of anilines is 4. The van der Waals surface area contributed by atoms with Crippen molar-refractivity contribution in [1.82, 2.24) is 4.98 Å². The van der Waals surface area contributed by atoms with Crippen molar-refractivity contribution in [3.63, 3.8) is 0 Å². The summed E-state index contributed by atoms with van der Waals surface area (Å²) in [6.07, 6.45) is -1.76. The van der Waals surface area contributed by atoms with E-state index in [0.29, 0.717) is 51.0 Å². The standard InChI is InChI=1S/C27H26F3N3O3.C13H16BrNO2.C12H12BrNO2.CH3.HI.Mg/c1-16-3-5-19(32-25(34)18-7-8-31-24(12-18)27(28,29)30)13-21(16)17-4-6-22-23(11-17)33-9-10-36-15-20(33)14-26(22,2)35;1-13(16)7-10-8-17-5-4-15(10)12-6-9(14)2-3-11(12)13;13-8-1-2-10-11(5-8)14-3-4-16-7-9(14)6-12(10)15;;;/h3-8,11-13,20,35H,9-10,14-15H2,1-2H3,(H,32,34);2-3,6,10,16H,4-5,7-8H2,1H3;1-2,5,9H,3-4,6-7H2;1H3;1H;/q;;;-1;;+2/p-1. The molecular formula is C53H57Br2F3IMgN5O7. The van der Waals surface area contributed by atoms with Gasteiger partial charge in [0.25, 0.3) is 5.91 Å². The van der Waals surface area contributed by atoms with E-state index in [1.165, 1.54) is 6.07 Å². The molecule has 4 aromatic carbocycles. The number of ether oxygens (including phenoxy) is 3. The largest absolute Gasteiger partial charge is 2.00 e. The van der Waals surface area contributed by atoms with Crippen LogP contribution in [0.5, 0.6) is 0 Å². The molecule has 380 valence electrons. The predicted octanol–water partition coefficient (Wildman–Crippen LogP) is 6.72. The summed E-state index contributed by atoms with van der Waals surface area (Å²) in [7, 11) is 0. The Kier molecular flexibility index (Phi) is 19.0. The van der Waals surface area contributed by atoms with E-state index < -0.39 is 29.0 Å². The Bertz CT molecular complexity index is 2770. The minimum Gasteiger partial charge on any atom is -1.00 e. The molecule has 1 amide bonds. The number of hydrogen-bond acceptors (Lipinski definition) is 11. The number of aromatic nitrogens is 1. The SMILES string of the molecule is CC1(O)CC2COCCN2c2cc(Br)ccc21.Cc1ccc(NC(=O)c2ccnc(C(F)(F)F)c2)cc1-c1ccc2c(c1)N1CCOCC1CC2(C)O.O=C1CC2COCCN2c2cc(Br)ccc21.[CH3-].[I-].[Mg+2]. The van der Waals surface area contributed by atoms with Gasteiger partial charge in [-0.3, -0.25) is 14.6 Å². The van der Waals surface area contributed by atoms with E-state index in [2.05, 4.69) is 62.9 Å². The summed E-state index contributed by atoms with van der Waals surface area (Å²) in [6.45, 7) is 12.3. The van der Waals surface area contributed by atoms with E-state index in [0.717, 1.165) is 111 Å². The number of aliphatic hydroxyl groups is 2. The molecule has 11 rings (SSSR count). The molecule has 12 nitrogen and oxygen atoms in total. The monoisotopic (exact) mass is 1240 g/mol. The molecule has 6 aliphatic rings. The number of ketones is 1. The summed E-state index contributed by atoms with van der Waals surface area (Å²) in [5.74, 6) is -0.426. The van der Waals surface area contributed by atoms with Crippen LogP contribution < -0.4 is 44.0 Å². The third-order valence-electron chi connectivity index (χ3n) is 13.8. The molecule has 5 atom stereocenters. The summed E-state index contributed by atoms with van der Waals surface area (Å²) in [5.41, 5.74) is 6.13. The van der Waals surface area contributed by atoms with Crippen molar-refractivity contribution >= 4 is 89.4 Å².